The zero-order chi connectivity index (χ0) is 12.5. The monoisotopic (exact) mass is 264 g/mol. The molecule has 16 heavy (non-hydrogen) atoms. The summed E-state index contributed by atoms with van der Waals surface area (Å²) in [6, 6.07) is 0.836. The Kier molecular flexibility index (Phi) is 3.57. The Morgan fingerprint density at radius 3 is 2.19 bits per heavy atom. The average molecular weight is 265 g/mol. The molecule has 0 aliphatic carbocycles. The predicted molar refractivity (Wildman–Crippen MR) is 43.0 cm³/mol. The zero-order valence-electron chi connectivity index (χ0n) is 7.29. The highest BCUT2D eigenvalue weighted by atomic mass is 35.5. The van der Waals surface area contributed by atoms with Crippen LogP contribution in [-0.2, 0) is 6.18 Å². The van der Waals surface area contributed by atoms with Crippen LogP contribution in [0.4, 0.5) is 26.3 Å². The van der Waals surface area contributed by atoms with E-state index in [1.807, 2.05) is 0 Å². The van der Waals surface area contributed by atoms with Crippen LogP contribution < -0.4 is 4.74 Å². The van der Waals surface area contributed by atoms with E-state index in [-0.39, 0.29) is 0 Å². The second kappa shape index (κ2) is 4.40. The molecule has 90 valence electrons. The molecule has 0 unspecified atom stereocenters. The van der Waals surface area contributed by atoms with Gasteiger partial charge in [0.2, 0.25) is 0 Å². The van der Waals surface area contributed by atoms with Crippen LogP contribution in [0.3, 0.4) is 0 Å². The highest BCUT2D eigenvalue weighted by Gasteiger charge is 2.39. The lowest BCUT2D eigenvalue weighted by molar-refractivity contribution is -0.144. The Morgan fingerprint density at radius 1 is 1.19 bits per heavy atom. The van der Waals surface area contributed by atoms with Crippen molar-refractivity contribution in [1.29, 1.82) is 0 Å². The van der Waals surface area contributed by atoms with Gasteiger partial charge in [-0.3, -0.25) is 0 Å². The first-order valence-corrected chi connectivity index (χ1v) is 4.10. The van der Waals surface area contributed by atoms with Crippen molar-refractivity contribution in [3.05, 3.63) is 28.5 Å². The first-order chi connectivity index (χ1) is 7.21. The lowest BCUT2D eigenvalue weighted by atomic mass is 10.2. The van der Waals surface area contributed by atoms with Crippen molar-refractivity contribution >= 4 is 11.6 Å². The smallest absolute Gasteiger partial charge is 0.422 e. The van der Waals surface area contributed by atoms with Crippen LogP contribution >= 0.6 is 11.6 Å². The van der Waals surface area contributed by atoms with Gasteiger partial charge in [0.1, 0.15) is 17.1 Å². The minimum absolute atomic E-state index is 0.364. The Labute approximate surface area is 90.6 Å². The topological polar surface area (TPSA) is 9.23 Å². The van der Waals surface area contributed by atoms with Gasteiger partial charge < -0.3 is 4.74 Å². The van der Waals surface area contributed by atoms with E-state index in [0.717, 1.165) is 0 Å². The van der Waals surface area contributed by atoms with Crippen molar-refractivity contribution in [2.75, 3.05) is 0 Å². The maximum atomic E-state index is 12.9. The fraction of sp³-hybridized carbons (Fsp3) is 0.250. The lowest BCUT2D eigenvalue weighted by Crippen LogP contribution is -2.13. The molecule has 1 aromatic carbocycles. The molecule has 0 saturated carbocycles. The number of ether oxygens (including phenoxy) is 1. The largest absolute Gasteiger partial charge is 0.434 e. The molecule has 0 amide bonds. The van der Waals surface area contributed by atoms with E-state index in [0.29, 0.717) is 12.1 Å². The molecule has 0 N–H and O–H groups in total. The van der Waals surface area contributed by atoms with Crippen molar-refractivity contribution in [1.82, 2.24) is 0 Å². The standard InChI is InChI=1S/C8H3ClF6O/c9-3-1-4(10)6(8(13,14)15)5(2-3)16-7(11)12/h1-2,7H. The molecule has 0 bridgehead atoms. The number of hydrogen-bond donors (Lipinski definition) is 0. The van der Waals surface area contributed by atoms with Gasteiger partial charge in [-0.1, -0.05) is 11.6 Å². The molecule has 0 heterocycles. The molecule has 8 heteroatoms. The van der Waals surface area contributed by atoms with Gasteiger partial charge in [-0.25, -0.2) is 4.39 Å². The second-order valence-electron chi connectivity index (χ2n) is 2.64. The van der Waals surface area contributed by atoms with E-state index >= 15 is 0 Å². The lowest BCUT2D eigenvalue weighted by Gasteiger charge is -2.14. The van der Waals surface area contributed by atoms with E-state index < -0.39 is 34.9 Å². The fourth-order valence-electron chi connectivity index (χ4n) is 1.01. The van der Waals surface area contributed by atoms with E-state index in [1.165, 1.54) is 0 Å². The highest BCUT2D eigenvalue weighted by molar-refractivity contribution is 6.30. The second-order valence-corrected chi connectivity index (χ2v) is 3.07. The van der Waals surface area contributed by atoms with Crippen molar-refractivity contribution in [2.24, 2.45) is 0 Å². The van der Waals surface area contributed by atoms with Gasteiger partial charge in [0.15, 0.2) is 0 Å². The van der Waals surface area contributed by atoms with Crippen LogP contribution in [0.15, 0.2) is 12.1 Å². The summed E-state index contributed by atoms with van der Waals surface area (Å²) in [7, 11) is 0. The number of benzene rings is 1. The third-order valence-corrected chi connectivity index (χ3v) is 1.74. The molecule has 0 aliphatic rings. The van der Waals surface area contributed by atoms with E-state index in [4.69, 9.17) is 11.6 Å². The van der Waals surface area contributed by atoms with E-state index in [2.05, 4.69) is 4.74 Å². The zero-order valence-corrected chi connectivity index (χ0v) is 8.04. The third kappa shape index (κ3) is 2.94. The van der Waals surface area contributed by atoms with Gasteiger partial charge in [-0.15, -0.1) is 0 Å². The van der Waals surface area contributed by atoms with Crippen molar-refractivity contribution in [3.8, 4) is 5.75 Å². The molecular weight excluding hydrogens is 262 g/mol. The van der Waals surface area contributed by atoms with Crippen LogP contribution in [0.1, 0.15) is 5.56 Å². The Bertz CT molecular complexity index is 389. The normalized spacial score (nSPS) is 12.0. The summed E-state index contributed by atoms with van der Waals surface area (Å²) in [5.41, 5.74) is -1.91. The summed E-state index contributed by atoms with van der Waals surface area (Å²) in [4.78, 5) is 0. The summed E-state index contributed by atoms with van der Waals surface area (Å²) in [6.45, 7) is -3.50. The first-order valence-electron chi connectivity index (χ1n) is 3.73. The van der Waals surface area contributed by atoms with Crippen molar-refractivity contribution < 1.29 is 31.1 Å². The molecule has 0 aliphatic heterocycles. The molecule has 0 fully saturated rings. The Balaban J connectivity index is 3.33. The van der Waals surface area contributed by atoms with Crippen LogP contribution in [-0.4, -0.2) is 6.61 Å². The predicted octanol–water partition coefficient (Wildman–Crippen LogP) is 4.10. The van der Waals surface area contributed by atoms with Crippen LogP contribution in [0.2, 0.25) is 5.02 Å². The van der Waals surface area contributed by atoms with Crippen LogP contribution in [0.5, 0.6) is 5.75 Å². The summed E-state index contributed by atoms with van der Waals surface area (Å²) in [6.07, 6.45) is -5.14. The minimum atomic E-state index is -5.14. The molecule has 1 rings (SSSR count). The number of halogens is 7. The van der Waals surface area contributed by atoms with Crippen molar-refractivity contribution in [3.63, 3.8) is 0 Å². The molecular formula is C8H3ClF6O. The molecule has 0 radical (unpaired) electrons. The van der Waals surface area contributed by atoms with Crippen LogP contribution in [0, 0.1) is 5.82 Å². The van der Waals surface area contributed by atoms with Gasteiger partial charge in [0, 0.05) is 5.02 Å². The summed E-state index contributed by atoms with van der Waals surface area (Å²) in [5, 5.41) is -0.471. The van der Waals surface area contributed by atoms with Gasteiger partial charge in [0.05, 0.1) is 0 Å². The van der Waals surface area contributed by atoms with Crippen molar-refractivity contribution in [2.45, 2.75) is 12.8 Å². The number of rotatable bonds is 2. The van der Waals surface area contributed by atoms with Gasteiger partial charge >= 0.3 is 12.8 Å². The quantitative estimate of drug-likeness (QED) is 0.731. The highest BCUT2D eigenvalue weighted by Crippen LogP contribution is 2.40. The average Bonchev–Trinajstić information content (AvgIpc) is 1.96. The van der Waals surface area contributed by atoms with Crippen LogP contribution in [0.25, 0.3) is 0 Å². The minimum Gasteiger partial charge on any atom is -0.434 e. The van der Waals surface area contributed by atoms with E-state index in [1.54, 1.807) is 0 Å². The number of alkyl halides is 5. The SMILES string of the molecule is Fc1cc(Cl)cc(OC(F)F)c1C(F)(F)F. The maximum Gasteiger partial charge on any atom is 0.422 e. The molecule has 1 aromatic rings. The van der Waals surface area contributed by atoms with Gasteiger partial charge in [-0.05, 0) is 12.1 Å². The molecule has 0 spiro atoms. The third-order valence-electron chi connectivity index (χ3n) is 1.52. The van der Waals surface area contributed by atoms with Gasteiger partial charge in [-0.2, -0.15) is 22.0 Å². The first kappa shape index (κ1) is 13.0. The summed E-state index contributed by atoms with van der Waals surface area (Å²) in [5.74, 6) is -3.11. The van der Waals surface area contributed by atoms with E-state index in [9.17, 15) is 26.3 Å². The fourth-order valence-corrected chi connectivity index (χ4v) is 1.21. The van der Waals surface area contributed by atoms with Gasteiger partial charge in [0.25, 0.3) is 0 Å². The molecule has 0 atom stereocenters. The Hall–Kier alpha value is -1.11. The molecule has 1 nitrogen and oxygen atoms in total. The molecule has 0 aromatic heterocycles. The number of hydrogen-bond acceptors (Lipinski definition) is 1. The molecule has 0 saturated heterocycles. The maximum absolute atomic E-state index is 12.9. The summed E-state index contributed by atoms with van der Waals surface area (Å²) >= 11 is 5.22. The Morgan fingerprint density at radius 2 is 1.75 bits per heavy atom. The summed E-state index contributed by atoms with van der Waals surface area (Å²) < 4.78 is 76.9.